The first-order chi connectivity index (χ1) is 7.08. The number of nitrogens with one attached hydrogen (secondary N) is 1. The van der Waals surface area contributed by atoms with Gasteiger partial charge in [-0.3, -0.25) is 4.79 Å². The SMILES string of the molecule is CC(=O)NC1CCC2(O)C(SP)CCC12. The van der Waals surface area contributed by atoms with Gasteiger partial charge in [-0.25, -0.2) is 0 Å². The molecule has 2 aliphatic rings. The van der Waals surface area contributed by atoms with Crippen LogP contribution in [0.4, 0.5) is 0 Å². The van der Waals surface area contributed by atoms with Gasteiger partial charge in [-0.05, 0) is 25.7 Å². The summed E-state index contributed by atoms with van der Waals surface area (Å²) in [6.45, 7) is 1.55. The van der Waals surface area contributed by atoms with Crippen molar-refractivity contribution >= 4 is 25.7 Å². The topological polar surface area (TPSA) is 49.3 Å². The van der Waals surface area contributed by atoms with Crippen LogP contribution < -0.4 is 5.32 Å². The third-order valence-corrected chi connectivity index (χ3v) is 5.79. The van der Waals surface area contributed by atoms with Crippen molar-refractivity contribution in [2.24, 2.45) is 5.92 Å². The Morgan fingerprint density at radius 1 is 1.53 bits per heavy atom. The number of hydrogen-bond acceptors (Lipinski definition) is 3. The van der Waals surface area contributed by atoms with Gasteiger partial charge in [0.25, 0.3) is 0 Å². The molecule has 0 aromatic carbocycles. The number of hydrogen-bond donors (Lipinski definition) is 2. The Bertz CT molecular complexity index is 276. The summed E-state index contributed by atoms with van der Waals surface area (Å²) in [6, 6.07) is 0.189. The Kier molecular flexibility index (Phi) is 3.30. The van der Waals surface area contributed by atoms with Gasteiger partial charge >= 0.3 is 0 Å². The van der Waals surface area contributed by atoms with E-state index in [2.05, 4.69) is 13.8 Å². The molecule has 0 heterocycles. The molecule has 0 saturated heterocycles. The Balaban J connectivity index is 2.09. The summed E-state index contributed by atoms with van der Waals surface area (Å²) in [6.07, 6.45) is 3.84. The van der Waals surface area contributed by atoms with Crippen molar-refractivity contribution in [3.05, 3.63) is 0 Å². The average molecular weight is 247 g/mol. The lowest BCUT2D eigenvalue weighted by Crippen LogP contribution is -2.44. The Hall–Kier alpha value is 0.210. The van der Waals surface area contributed by atoms with Gasteiger partial charge in [0.2, 0.25) is 5.91 Å². The molecule has 2 N–H and O–H groups in total. The third kappa shape index (κ3) is 1.92. The first kappa shape index (κ1) is 11.7. The van der Waals surface area contributed by atoms with Gasteiger partial charge in [-0.2, -0.15) is 0 Å². The minimum absolute atomic E-state index is 0.0197. The van der Waals surface area contributed by atoms with Gasteiger partial charge in [0.05, 0.1) is 5.60 Å². The fourth-order valence-electron chi connectivity index (χ4n) is 3.17. The minimum atomic E-state index is -0.542. The molecule has 86 valence electrons. The molecule has 5 atom stereocenters. The number of amides is 1. The first-order valence-corrected chi connectivity index (χ1v) is 7.78. The summed E-state index contributed by atoms with van der Waals surface area (Å²) >= 11 is 1.68. The van der Waals surface area contributed by atoms with E-state index in [0.29, 0.717) is 5.25 Å². The molecule has 2 saturated carbocycles. The highest BCUT2D eigenvalue weighted by molar-refractivity contribution is 8.44. The number of aliphatic hydroxyl groups is 1. The molecule has 2 aliphatic carbocycles. The molecule has 2 rings (SSSR count). The summed E-state index contributed by atoms with van der Waals surface area (Å²) in [5, 5.41) is 13.9. The van der Waals surface area contributed by atoms with Gasteiger partial charge in [0.15, 0.2) is 0 Å². The average Bonchev–Trinajstić information content (AvgIpc) is 2.63. The smallest absolute Gasteiger partial charge is 0.217 e. The third-order valence-electron chi connectivity index (χ3n) is 3.83. The number of carbonyl (C=O) groups is 1. The maximum absolute atomic E-state index is 11.0. The van der Waals surface area contributed by atoms with Crippen molar-refractivity contribution in [3.63, 3.8) is 0 Å². The highest BCUT2D eigenvalue weighted by Gasteiger charge is 2.55. The van der Waals surface area contributed by atoms with Gasteiger partial charge in [0, 0.05) is 24.1 Å². The molecule has 0 radical (unpaired) electrons. The fourth-order valence-corrected chi connectivity index (χ4v) is 5.09. The van der Waals surface area contributed by atoms with E-state index in [9.17, 15) is 9.90 Å². The number of carbonyl (C=O) groups excluding carboxylic acids is 1. The van der Waals surface area contributed by atoms with Crippen LogP contribution in [0.3, 0.4) is 0 Å². The quantitative estimate of drug-likeness (QED) is 0.723. The molecule has 5 heteroatoms. The van der Waals surface area contributed by atoms with Crippen LogP contribution in [0, 0.1) is 5.92 Å². The molecule has 0 bridgehead atoms. The molecule has 0 spiro atoms. The van der Waals surface area contributed by atoms with Crippen molar-refractivity contribution in [1.82, 2.24) is 5.32 Å². The normalized spacial score (nSPS) is 44.1. The van der Waals surface area contributed by atoms with Crippen LogP contribution in [0.25, 0.3) is 0 Å². The molecule has 0 aliphatic heterocycles. The Morgan fingerprint density at radius 2 is 2.27 bits per heavy atom. The first-order valence-electron chi connectivity index (χ1n) is 5.43. The largest absolute Gasteiger partial charge is 0.388 e. The van der Waals surface area contributed by atoms with Crippen molar-refractivity contribution < 1.29 is 9.90 Å². The van der Waals surface area contributed by atoms with Crippen LogP contribution in [0.1, 0.15) is 32.6 Å². The summed E-state index contributed by atoms with van der Waals surface area (Å²) in [5.74, 6) is 0.283. The van der Waals surface area contributed by atoms with E-state index in [1.807, 2.05) is 0 Å². The molecule has 5 unspecified atom stereocenters. The van der Waals surface area contributed by atoms with Crippen LogP contribution in [0.5, 0.6) is 0 Å². The highest BCUT2D eigenvalue weighted by Crippen LogP contribution is 2.53. The van der Waals surface area contributed by atoms with Gasteiger partial charge in [-0.15, -0.1) is 11.4 Å². The van der Waals surface area contributed by atoms with Gasteiger partial charge < -0.3 is 10.4 Å². The van der Waals surface area contributed by atoms with E-state index in [1.54, 1.807) is 18.3 Å². The predicted octanol–water partition coefficient (Wildman–Crippen LogP) is 1.32. The minimum Gasteiger partial charge on any atom is -0.388 e. The summed E-state index contributed by atoms with van der Waals surface area (Å²) in [4.78, 5) is 11.0. The zero-order valence-electron chi connectivity index (χ0n) is 8.90. The van der Waals surface area contributed by atoms with Crippen molar-refractivity contribution in [1.29, 1.82) is 0 Å². The molecule has 0 aromatic heterocycles. The molecular formula is C10H18NO2PS. The maximum Gasteiger partial charge on any atom is 0.217 e. The van der Waals surface area contributed by atoms with E-state index in [-0.39, 0.29) is 17.9 Å². The monoisotopic (exact) mass is 247 g/mol. The fraction of sp³-hybridized carbons (Fsp3) is 0.900. The van der Waals surface area contributed by atoms with Crippen LogP contribution >= 0.6 is 19.8 Å². The Morgan fingerprint density at radius 3 is 2.87 bits per heavy atom. The summed E-state index contributed by atoms with van der Waals surface area (Å²) in [5.41, 5.74) is -0.542. The number of fused-ring (bicyclic) bond motifs is 1. The van der Waals surface area contributed by atoms with Crippen molar-refractivity contribution in [2.45, 2.75) is 49.5 Å². The molecular weight excluding hydrogens is 229 g/mol. The second kappa shape index (κ2) is 4.23. The zero-order valence-corrected chi connectivity index (χ0v) is 10.9. The maximum atomic E-state index is 11.0. The van der Waals surface area contributed by atoms with E-state index >= 15 is 0 Å². The molecule has 2 fully saturated rings. The van der Waals surface area contributed by atoms with E-state index in [1.165, 1.54) is 0 Å². The molecule has 15 heavy (non-hydrogen) atoms. The zero-order chi connectivity index (χ0) is 11.1. The van der Waals surface area contributed by atoms with E-state index in [4.69, 9.17) is 0 Å². The predicted molar refractivity (Wildman–Crippen MR) is 65.6 cm³/mol. The molecule has 0 aromatic rings. The van der Waals surface area contributed by atoms with Crippen LogP contribution in [0.15, 0.2) is 0 Å². The van der Waals surface area contributed by atoms with E-state index < -0.39 is 5.60 Å². The van der Waals surface area contributed by atoms with E-state index in [0.717, 1.165) is 25.7 Å². The summed E-state index contributed by atoms with van der Waals surface area (Å²) in [7, 11) is 2.65. The molecule has 1 amide bonds. The van der Waals surface area contributed by atoms with Crippen LogP contribution in [0.2, 0.25) is 0 Å². The lowest BCUT2D eigenvalue weighted by atomic mass is 9.92. The lowest BCUT2D eigenvalue weighted by molar-refractivity contribution is -0.120. The Labute approximate surface area is 96.7 Å². The van der Waals surface area contributed by atoms with Gasteiger partial charge in [0.1, 0.15) is 0 Å². The van der Waals surface area contributed by atoms with Crippen LogP contribution in [-0.4, -0.2) is 27.9 Å². The molecule has 3 nitrogen and oxygen atoms in total. The standard InChI is InChI=1S/C10H18NO2PS/c1-6(12)11-8-4-5-10(13)7(8)2-3-9(10)15-14/h7-9,13H,2-5,14H2,1H3,(H,11,12). The van der Waals surface area contributed by atoms with Crippen molar-refractivity contribution in [3.8, 4) is 0 Å². The second-order valence-corrected chi connectivity index (χ2v) is 6.30. The highest BCUT2D eigenvalue weighted by atomic mass is 32.7. The summed E-state index contributed by atoms with van der Waals surface area (Å²) < 4.78 is 0. The van der Waals surface area contributed by atoms with Crippen molar-refractivity contribution in [2.75, 3.05) is 0 Å². The van der Waals surface area contributed by atoms with Gasteiger partial charge in [-0.1, -0.05) is 8.44 Å². The second-order valence-electron chi connectivity index (χ2n) is 4.65. The van der Waals surface area contributed by atoms with Crippen LogP contribution in [-0.2, 0) is 4.79 Å². The number of rotatable bonds is 2. The lowest BCUT2D eigenvalue weighted by Gasteiger charge is -2.30.